The topological polar surface area (TPSA) is 91.7 Å². The van der Waals surface area contributed by atoms with Gasteiger partial charge in [-0.1, -0.05) is 11.6 Å². The average molecular weight is 505 g/mol. The molecule has 3 amide bonds. The van der Waals surface area contributed by atoms with Crippen molar-refractivity contribution in [1.82, 2.24) is 25.1 Å². The first-order chi connectivity index (χ1) is 16.2. The number of hydroxylamine groups is 2. The smallest absolute Gasteiger partial charge is 0.320 e. The van der Waals surface area contributed by atoms with E-state index in [1.165, 1.54) is 16.6 Å². The van der Waals surface area contributed by atoms with Crippen molar-refractivity contribution in [2.45, 2.75) is 32.0 Å². The zero-order valence-corrected chi connectivity index (χ0v) is 18.7. The van der Waals surface area contributed by atoms with Gasteiger partial charge in [0.05, 0.1) is 31.0 Å². The van der Waals surface area contributed by atoms with Gasteiger partial charge in [0.25, 0.3) is 12.3 Å². The van der Waals surface area contributed by atoms with Gasteiger partial charge in [0.1, 0.15) is 22.6 Å². The van der Waals surface area contributed by atoms with Gasteiger partial charge < -0.3 is 15.5 Å². The highest BCUT2D eigenvalue weighted by molar-refractivity contribution is 6.31. The summed E-state index contributed by atoms with van der Waals surface area (Å²) in [5.41, 5.74) is 1.08. The van der Waals surface area contributed by atoms with Crippen LogP contribution in [0.25, 0.3) is 0 Å². The fraction of sp³-hybridized carbons (Fsp3) is 0.450. The third-order valence-corrected chi connectivity index (χ3v) is 5.85. The Morgan fingerprint density at radius 1 is 1.35 bits per heavy atom. The summed E-state index contributed by atoms with van der Waals surface area (Å²) in [6.07, 6.45) is -2.81. The molecule has 0 saturated carbocycles. The summed E-state index contributed by atoms with van der Waals surface area (Å²) in [7, 11) is 1.41. The first-order valence-electron chi connectivity index (χ1n) is 10.4. The van der Waals surface area contributed by atoms with E-state index in [0.29, 0.717) is 17.7 Å². The van der Waals surface area contributed by atoms with Crippen molar-refractivity contribution in [2.75, 3.05) is 32.0 Å². The van der Waals surface area contributed by atoms with Crippen LogP contribution in [-0.2, 0) is 24.3 Å². The first kappa shape index (κ1) is 24.2. The van der Waals surface area contributed by atoms with Crippen LogP contribution in [0.1, 0.15) is 21.7 Å². The average Bonchev–Trinajstić information content (AvgIpc) is 3.09. The Balaban J connectivity index is 1.52. The number of alkyl halides is 2. The van der Waals surface area contributed by atoms with E-state index in [1.54, 1.807) is 0 Å². The molecule has 3 heterocycles. The highest BCUT2D eigenvalue weighted by atomic mass is 35.5. The summed E-state index contributed by atoms with van der Waals surface area (Å²) >= 11 is 5.57. The van der Waals surface area contributed by atoms with Gasteiger partial charge >= 0.3 is 6.03 Å². The Bertz CT molecular complexity index is 1110. The number of hydrogen-bond donors (Lipinski definition) is 2. The SMILES string of the molecule is CN1OC(CNCC(F)F)Cn2nc3c(c2C1=O)CN(C(=O)Nc1ccc(F)c(Cl)c1F)CC3. The third kappa shape index (κ3) is 4.81. The number of anilines is 1. The Kier molecular flexibility index (Phi) is 6.96. The Morgan fingerprint density at radius 3 is 2.85 bits per heavy atom. The number of benzene rings is 1. The number of nitrogens with one attached hydrogen (secondary N) is 2. The highest BCUT2D eigenvalue weighted by Crippen LogP contribution is 2.28. The van der Waals surface area contributed by atoms with Crippen LogP contribution < -0.4 is 10.6 Å². The molecule has 2 N–H and O–H groups in total. The zero-order valence-electron chi connectivity index (χ0n) is 18.0. The van der Waals surface area contributed by atoms with Crippen LogP contribution in [0.5, 0.6) is 0 Å². The van der Waals surface area contributed by atoms with Crippen molar-refractivity contribution in [3.63, 3.8) is 0 Å². The van der Waals surface area contributed by atoms with Crippen LogP contribution in [0.4, 0.5) is 28.0 Å². The Morgan fingerprint density at radius 2 is 2.12 bits per heavy atom. The summed E-state index contributed by atoms with van der Waals surface area (Å²) < 4.78 is 53.9. The quantitative estimate of drug-likeness (QED) is 0.482. The van der Waals surface area contributed by atoms with Crippen molar-refractivity contribution >= 4 is 29.2 Å². The lowest BCUT2D eigenvalue weighted by atomic mass is 10.1. The standard InChI is InChI=1S/C20H21ClF4N6O3/c1-29-19(32)18-11-9-30(20(33)27-14-3-2-12(22)16(21)17(14)25)5-4-13(11)28-31(18)8-10(34-29)6-26-7-15(23)24/h2-3,10,15,26H,4-9H2,1H3,(H,27,33). The van der Waals surface area contributed by atoms with Crippen molar-refractivity contribution in [1.29, 1.82) is 0 Å². The van der Waals surface area contributed by atoms with E-state index in [2.05, 4.69) is 15.7 Å². The molecule has 0 aliphatic carbocycles. The van der Waals surface area contributed by atoms with E-state index < -0.39 is 47.7 Å². The molecule has 9 nitrogen and oxygen atoms in total. The molecule has 0 saturated heterocycles. The molecule has 0 fully saturated rings. The normalized spacial score (nSPS) is 18.1. The molecule has 2 aromatic rings. The predicted octanol–water partition coefficient (Wildman–Crippen LogP) is 2.65. The van der Waals surface area contributed by atoms with Gasteiger partial charge in [0.15, 0.2) is 5.82 Å². The van der Waals surface area contributed by atoms with Gasteiger partial charge in [-0.05, 0) is 12.1 Å². The Labute approximate surface area is 196 Å². The number of carbonyl (C=O) groups excluding carboxylic acids is 2. The molecule has 14 heteroatoms. The fourth-order valence-electron chi connectivity index (χ4n) is 3.89. The Hall–Kier alpha value is -2.90. The number of hydrogen-bond acceptors (Lipinski definition) is 5. The van der Waals surface area contributed by atoms with E-state index in [9.17, 15) is 27.2 Å². The number of rotatable bonds is 5. The molecular weight excluding hydrogens is 484 g/mol. The van der Waals surface area contributed by atoms with E-state index in [0.717, 1.165) is 17.2 Å². The van der Waals surface area contributed by atoms with Gasteiger partial charge in [0.2, 0.25) is 0 Å². The molecule has 1 aromatic carbocycles. The van der Waals surface area contributed by atoms with Crippen LogP contribution in [0, 0.1) is 11.6 Å². The van der Waals surface area contributed by atoms with E-state index in [-0.39, 0.29) is 37.6 Å². The molecule has 2 aliphatic heterocycles. The summed E-state index contributed by atoms with van der Waals surface area (Å²) in [4.78, 5) is 32.6. The van der Waals surface area contributed by atoms with Crippen molar-refractivity contribution in [3.05, 3.63) is 45.7 Å². The number of carbonyl (C=O) groups is 2. The van der Waals surface area contributed by atoms with Gasteiger partial charge in [0, 0.05) is 32.1 Å². The second kappa shape index (κ2) is 9.76. The maximum absolute atomic E-state index is 14.2. The zero-order chi connectivity index (χ0) is 24.6. The number of halogens is 5. The fourth-order valence-corrected chi connectivity index (χ4v) is 4.05. The van der Waals surface area contributed by atoms with Gasteiger partial charge in [-0.15, -0.1) is 0 Å². The number of urea groups is 1. The summed E-state index contributed by atoms with van der Waals surface area (Å²) in [6, 6.07) is 1.34. The van der Waals surface area contributed by atoms with E-state index in [4.69, 9.17) is 16.4 Å². The van der Waals surface area contributed by atoms with Gasteiger partial charge in [-0.2, -0.15) is 5.10 Å². The summed E-state index contributed by atoms with van der Waals surface area (Å²) in [5, 5.41) is 9.72. The van der Waals surface area contributed by atoms with Gasteiger partial charge in [-0.3, -0.25) is 14.3 Å². The minimum absolute atomic E-state index is 0.0148. The van der Waals surface area contributed by atoms with Crippen LogP contribution in [0.15, 0.2) is 12.1 Å². The number of fused-ring (bicyclic) bond motifs is 3. The largest absolute Gasteiger partial charge is 0.322 e. The minimum Gasteiger partial charge on any atom is -0.320 e. The maximum Gasteiger partial charge on any atom is 0.322 e. The molecule has 0 bridgehead atoms. The van der Waals surface area contributed by atoms with E-state index >= 15 is 0 Å². The molecule has 0 radical (unpaired) electrons. The van der Waals surface area contributed by atoms with Crippen LogP contribution >= 0.6 is 11.6 Å². The summed E-state index contributed by atoms with van der Waals surface area (Å²) in [5.74, 6) is -2.54. The molecule has 4 rings (SSSR count). The molecule has 184 valence electrons. The number of nitrogens with zero attached hydrogens (tertiary/aromatic N) is 4. The predicted molar refractivity (Wildman–Crippen MR) is 113 cm³/mol. The first-order valence-corrected chi connectivity index (χ1v) is 10.7. The lowest BCUT2D eigenvalue weighted by Crippen LogP contribution is -2.40. The second-order valence-electron chi connectivity index (χ2n) is 7.86. The van der Waals surface area contributed by atoms with E-state index in [1.807, 2.05) is 0 Å². The van der Waals surface area contributed by atoms with Crippen molar-refractivity contribution in [2.24, 2.45) is 0 Å². The number of amides is 3. The molecule has 1 unspecified atom stereocenters. The minimum atomic E-state index is -2.52. The second-order valence-corrected chi connectivity index (χ2v) is 8.24. The highest BCUT2D eigenvalue weighted by Gasteiger charge is 2.35. The lowest BCUT2D eigenvalue weighted by Gasteiger charge is -2.27. The van der Waals surface area contributed by atoms with Crippen LogP contribution in [0.3, 0.4) is 0 Å². The molecule has 2 aliphatic rings. The molecule has 1 aromatic heterocycles. The number of aromatic nitrogens is 2. The van der Waals surface area contributed by atoms with Crippen molar-refractivity contribution in [3.8, 4) is 0 Å². The third-order valence-electron chi connectivity index (χ3n) is 5.51. The van der Waals surface area contributed by atoms with Crippen molar-refractivity contribution < 1.29 is 32.0 Å². The van der Waals surface area contributed by atoms with Crippen LogP contribution in [0.2, 0.25) is 5.02 Å². The molecule has 1 atom stereocenters. The van der Waals surface area contributed by atoms with Crippen LogP contribution in [-0.4, -0.2) is 70.9 Å². The monoisotopic (exact) mass is 504 g/mol. The molecular formula is C20H21ClF4N6O3. The van der Waals surface area contributed by atoms with Gasteiger partial charge in [-0.25, -0.2) is 27.4 Å². The molecule has 0 spiro atoms. The molecule has 34 heavy (non-hydrogen) atoms. The lowest BCUT2D eigenvalue weighted by molar-refractivity contribution is -0.146. The maximum atomic E-state index is 14.2. The summed E-state index contributed by atoms with van der Waals surface area (Å²) in [6.45, 7) is -0.0387.